The number of carbonyl (C=O) groups is 3. The van der Waals surface area contributed by atoms with Crippen molar-refractivity contribution in [3.05, 3.63) is 46.0 Å². The van der Waals surface area contributed by atoms with Gasteiger partial charge in [-0.15, -0.1) is 0 Å². The zero-order valence-corrected chi connectivity index (χ0v) is 25.5. The second-order valence-corrected chi connectivity index (χ2v) is 12.1. The highest BCUT2D eigenvalue weighted by atomic mass is 19.4. The normalized spacial score (nSPS) is 14.4. The molecule has 2 amide bonds. The topological polar surface area (TPSA) is 120 Å². The third kappa shape index (κ3) is 7.85. The van der Waals surface area contributed by atoms with Gasteiger partial charge in [-0.3, -0.25) is 9.78 Å². The molecule has 1 unspecified atom stereocenters. The number of nitrogens with zero attached hydrogens (tertiary/aromatic N) is 4. The SMILES string of the molecule is COC(=O)C(CN1CCCc2c1ccnc2-c1c(C(F)(F)F)ccn(C)c1=O)N(C(=O)OC(C)(C)C)C(=O)OC(C)(C)C. The van der Waals surface area contributed by atoms with Crippen LogP contribution in [0.1, 0.15) is 59.1 Å². The summed E-state index contributed by atoms with van der Waals surface area (Å²) in [5.74, 6) is -0.950. The molecule has 0 radical (unpaired) electrons. The molecule has 0 saturated heterocycles. The lowest BCUT2D eigenvalue weighted by Crippen LogP contribution is -2.56. The molecule has 0 bridgehead atoms. The fourth-order valence-corrected chi connectivity index (χ4v) is 4.65. The van der Waals surface area contributed by atoms with Gasteiger partial charge in [0.2, 0.25) is 0 Å². The van der Waals surface area contributed by atoms with Crippen LogP contribution in [0.15, 0.2) is 29.3 Å². The summed E-state index contributed by atoms with van der Waals surface area (Å²) in [5.41, 5.74) is -4.05. The zero-order chi connectivity index (χ0) is 32.5. The van der Waals surface area contributed by atoms with Gasteiger partial charge in [0.1, 0.15) is 11.2 Å². The Kier molecular flexibility index (Phi) is 9.52. The zero-order valence-electron chi connectivity index (χ0n) is 25.5. The fourth-order valence-electron chi connectivity index (χ4n) is 4.65. The van der Waals surface area contributed by atoms with Crippen molar-refractivity contribution < 1.29 is 41.8 Å². The van der Waals surface area contributed by atoms with E-state index in [0.29, 0.717) is 29.1 Å². The lowest BCUT2D eigenvalue weighted by atomic mass is 9.94. The molecule has 14 heteroatoms. The van der Waals surface area contributed by atoms with E-state index in [0.717, 1.165) is 23.9 Å². The van der Waals surface area contributed by atoms with Crippen LogP contribution in [-0.4, -0.2) is 70.1 Å². The minimum Gasteiger partial charge on any atom is -0.467 e. The number of ether oxygens (including phenoxy) is 3. The minimum absolute atomic E-state index is 0.138. The first-order valence-corrected chi connectivity index (χ1v) is 13.6. The van der Waals surface area contributed by atoms with Crippen LogP contribution in [0.4, 0.5) is 28.4 Å². The molecule has 43 heavy (non-hydrogen) atoms. The number of carbonyl (C=O) groups excluding carboxylic acids is 3. The predicted molar refractivity (Wildman–Crippen MR) is 151 cm³/mol. The number of pyridine rings is 2. The van der Waals surface area contributed by atoms with E-state index in [-0.39, 0.29) is 18.7 Å². The maximum absolute atomic E-state index is 14.0. The van der Waals surface area contributed by atoms with E-state index < -0.39 is 58.3 Å². The molecule has 0 saturated carbocycles. The first kappa shape index (κ1) is 33.4. The average Bonchev–Trinajstić information content (AvgIpc) is 2.86. The van der Waals surface area contributed by atoms with E-state index >= 15 is 0 Å². The van der Waals surface area contributed by atoms with E-state index in [1.807, 2.05) is 0 Å². The van der Waals surface area contributed by atoms with Crippen molar-refractivity contribution in [3.8, 4) is 11.3 Å². The van der Waals surface area contributed by atoms with Crippen LogP contribution >= 0.6 is 0 Å². The smallest absolute Gasteiger partial charge is 0.420 e. The number of methoxy groups -OCH3 is 1. The van der Waals surface area contributed by atoms with E-state index in [9.17, 15) is 32.3 Å². The molecule has 0 N–H and O–H groups in total. The molecule has 1 aliphatic rings. The Morgan fingerprint density at radius 3 is 2.12 bits per heavy atom. The number of aromatic nitrogens is 2. The Hall–Kier alpha value is -4.10. The lowest BCUT2D eigenvalue weighted by molar-refractivity contribution is -0.146. The van der Waals surface area contributed by atoms with Gasteiger partial charge in [0.05, 0.1) is 23.9 Å². The van der Waals surface area contributed by atoms with Crippen LogP contribution in [0.5, 0.6) is 0 Å². The predicted octanol–water partition coefficient (Wildman–Crippen LogP) is 4.93. The summed E-state index contributed by atoms with van der Waals surface area (Å²) in [7, 11) is 2.43. The fraction of sp³-hybridized carbons (Fsp3) is 0.552. The average molecular weight is 611 g/mol. The summed E-state index contributed by atoms with van der Waals surface area (Å²) >= 11 is 0. The van der Waals surface area contributed by atoms with E-state index in [4.69, 9.17) is 14.2 Å². The standard InChI is InChI=1S/C29H37F3N4O7/c1-27(2,3)42-25(39)36(26(40)43-28(4,5)6)20(24(38)41-8)16-35-14-9-10-17-19(35)11-13-33-22(17)21-18(29(30,31)32)12-15-34(7)23(21)37/h11-13,15,20H,9-10,14,16H2,1-8H3. The van der Waals surface area contributed by atoms with Gasteiger partial charge in [0.15, 0.2) is 6.04 Å². The van der Waals surface area contributed by atoms with Gasteiger partial charge in [-0.2, -0.15) is 18.1 Å². The number of anilines is 1. The van der Waals surface area contributed by atoms with Crippen molar-refractivity contribution in [1.82, 2.24) is 14.5 Å². The Balaban J connectivity index is 2.15. The van der Waals surface area contributed by atoms with Crippen LogP contribution in [0.25, 0.3) is 11.3 Å². The van der Waals surface area contributed by atoms with Crippen LogP contribution in [0.3, 0.4) is 0 Å². The summed E-state index contributed by atoms with van der Waals surface area (Å²) in [6, 6.07) is 0.802. The van der Waals surface area contributed by atoms with Crippen molar-refractivity contribution >= 4 is 23.8 Å². The Bertz CT molecular complexity index is 1410. The molecule has 2 aromatic rings. The first-order chi connectivity index (χ1) is 19.7. The van der Waals surface area contributed by atoms with E-state index in [1.165, 1.54) is 19.3 Å². The first-order valence-electron chi connectivity index (χ1n) is 13.6. The molecule has 1 aliphatic heterocycles. The second kappa shape index (κ2) is 12.3. The van der Waals surface area contributed by atoms with Gasteiger partial charge in [-0.1, -0.05) is 0 Å². The number of alkyl halides is 3. The van der Waals surface area contributed by atoms with Gasteiger partial charge in [-0.05, 0) is 66.5 Å². The highest BCUT2D eigenvalue weighted by Gasteiger charge is 2.43. The molecule has 0 spiro atoms. The van der Waals surface area contributed by atoms with E-state index in [2.05, 4.69) is 4.98 Å². The van der Waals surface area contributed by atoms with Gasteiger partial charge >= 0.3 is 24.3 Å². The highest BCUT2D eigenvalue weighted by Crippen LogP contribution is 2.39. The number of halogens is 3. The van der Waals surface area contributed by atoms with Crippen molar-refractivity contribution in [2.75, 3.05) is 25.1 Å². The molecular formula is C29H37F3N4O7. The van der Waals surface area contributed by atoms with Crippen molar-refractivity contribution in [2.45, 2.75) is 77.8 Å². The van der Waals surface area contributed by atoms with Crippen molar-refractivity contribution in [1.29, 1.82) is 0 Å². The number of hydrogen-bond acceptors (Lipinski definition) is 9. The van der Waals surface area contributed by atoms with Gasteiger partial charge in [0, 0.05) is 43.8 Å². The van der Waals surface area contributed by atoms with Gasteiger partial charge in [0.25, 0.3) is 5.56 Å². The largest absolute Gasteiger partial charge is 0.467 e. The molecule has 2 aromatic heterocycles. The van der Waals surface area contributed by atoms with Crippen LogP contribution in [0.2, 0.25) is 0 Å². The molecule has 0 aromatic carbocycles. The monoisotopic (exact) mass is 610 g/mol. The number of imide groups is 1. The quantitative estimate of drug-likeness (QED) is 0.343. The summed E-state index contributed by atoms with van der Waals surface area (Å²) in [5, 5.41) is 0. The van der Waals surface area contributed by atoms with Crippen LogP contribution in [-0.2, 0) is 38.6 Å². The Morgan fingerprint density at radius 1 is 1.02 bits per heavy atom. The van der Waals surface area contributed by atoms with E-state index in [1.54, 1.807) is 46.4 Å². The highest BCUT2D eigenvalue weighted by molar-refractivity contribution is 5.94. The summed E-state index contributed by atoms with van der Waals surface area (Å²) in [6.07, 6.45) is -4.11. The molecule has 236 valence electrons. The van der Waals surface area contributed by atoms with Crippen LogP contribution < -0.4 is 10.5 Å². The minimum atomic E-state index is -4.82. The number of aryl methyl sites for hydroxylation is 1. The second-order valence-electron chi connectivity index (χ2n) is 12.1. The van der Waals surface area contributed by atoms with Gasteiger partial charge < -0.3 is 23.7 Å². The molecule has 0 aliphatic carbocycles. The lowest BCUT2D eigenvalue weighted by Gasteiger charge is -2.37. The molecule has 1 atom stereocenters. The molecule has 3 heterocycles. The Morgan fingerprint density at radius 2 is 1.60 bits per heavy atom. The van der Waals surface area contributed by atoms with Crippen molar-refractivity contribution in [2.24, 2.45) is 7.05 Å². The maximum Gasteiger partial charge on any atom is 0.420 e. The number of fused-ring (bicyclic) bond motifs is 1. The third-order valence-corrected chi connectivity index (χ3v) is 6.40. The van der Waals surface area contributed by atoms with Crippen molar-refractivity contribution in [3.63, 3.8) is 0 Å². The summed E-state index contributed by atoms with van der Waals surface area (Å²) < 4.78 is 58.8. The summed E-state index contributed by atoms with van der Waals surface area (Å²) in [6.45, 7) is 9.52. The van der Waals surface area contributed by atoms with Crippen LogP contribution in [0, 0.1) is 0 Å². The third-order valence-electron chi connectivity index (χ3n) is 6.40. The number of rotatable bonds is 5. The molecule has 11 nitrogen and oxygen atoms in total. The maximum atomic E-state index is 14.0. The number of amides is 2. The molecular weight excluding hydrogens is 573 g/mol. The number of esters is 1. The molecule has 0 fully saturated rings. The Labute approximate surface area is 247 Å². The summed E-state index contributed by atoms with van der Waals surface area (Å²) in [4.78, 5) is 59.1. The number of hydrogen-bond donors (Lipinski definition) is 0. The van der Waals surface area contributed by atoms with Gasteiger partial charge in [-0.25, -0.2) is 14.4 Å². The molecule has 3 rings (SSSR count).